The largest absolute Gasteiger partial charge is 0.429 e. The molecule has 1 heterocycles. The van der Waals surface area contributed by atoms with Gasteiger partial charge in [-0.2, -0.15) is 9.36 Å². The standard InChI is InChI=1S/C4H5N4O4PS/c5-2(1-9)3-6-4(14-8-3)7-13(10,11)12/h1,5H,(H3,6,7,8,10,11,12). The molecule has 0 unspecified atom stereocenters. The zero-order chi connectivity index (χ0) is 10.8. The van der Waals surface area contributed by atoms with E-state index in [9.17, 15) is 9.36 Å². The first kappa shape index (κ1) is 10.9. The van der Waals surface area contributed by atoms with Crippen LogP contribution in [-0.4, -0.2) is 31.1 Å². The molecule has 0 saturated carbocycles. The third-order valence-corrected chi connectivity index (χ3v) is 2.31. The molecule has 0 aliphatic rings. The summed E-state index contributed by atoms with van der Waals surface area (Å²) in [6, 6.07) is 0. The normalized spacial score (nSPS) is 11.0. The van der Waals surface area contributed by atoms with Crippen molar-refractivity contribution in [1.82, 2.24) is 9.36 Å². The third-order valence-electron chi connectivity index (χ3n) is 1.03. The maximum absolute atomic E-state index is 10.4. The van der Waals surface area contributed by atoms with Gasteiger partial charge in [0.1, 0.15) is 5.71 Å². The van der Waals surface area contributed by atoms with Crippen LogP contribution in [0.5, 0.6) is 0 Å². The zero-order valence-electron chi connectivity index (χ0n) is 6.54. The van der Waals surface area contributed by atoms with Gasteiger partial charge >= 0.3 is 7.75 Å². The van der Waals surface area contributed by atoms with E-state index in [-0.39, 0.29) is 17.2 Å². The molecule has 8 nitrogen and oxygen atoms in total. The fourth-order valence-electron chi connectivity index (χ4n) is 0.556. The molecule has 0 spiro atoms. The molecule has 0 fully saturated rings. The molecule has 76 valence electrons. The van der Waals surface area contributed by atoms with Gasteiger partial charge in [-0.25, -0.2) is 4.57 Å². The maximum atomic E-state index is 10.4. The minimum atomic E-state index is -4.41. The molecule has 4 N–H and O–H groups in total. The van der Waals surface area contributed by atoms with Gasteiger partial charge in [0.2, 0.25) is 5.13 Å². The van der Waals surface area contributed by atoms with Crippen LogP contribution >= 0.6 is 19.3 Å². The van der Waals surface area contributed by atoms with E-state index in [0.29, 0.717) is 11.5 Å². The van der Waals surface area contributed by atoms with Crippen molar-refractivity contribution < 1.29 is 19.1 Å². The molecular formula is C4H5N4O4PS. The van der Waals surface area contributed by atoms with Crippen LogP contribution in [0.25, 0.3) is 0 Å². The highest BCUT2D eigenvalue weighted by molar-refractivity contribution is 7.54. The minimum absolute atomic E-state index is 0.139. The van der Waals surface area contributed by atoms with E-state index >= 15 is 0 Å². The first-order valence-electron chi connectivity index (χ1n) is 3.14. The summed E-state index contributed by atoms with van der Waals surface area (Å²) in [4.78, 5) is 30.6. The van der Waals surface area contributed by atoms with Crippen LogP contribution in [0, 0.1) is 5.41 Å². The number of nitrogens with one attached hydrogen (secondary N) is 2. The van der Waals surface area contributed by atoms with E-state index in [4.69, 9.17) is 15.2 Å². The average molecular weight is 236 g/mol. The molecule has 1 aromatic rings. The van der Waals surface area contributed by atoms with Crippen LogP contribution in [0.15, 0.2) is 0 Å². The summed E-state index contributed by atoms with van der Waals surface area (Å²) in [5, 5.41) is 8.66. The molecule has 14 heavy (non-hydrogen) atoms. The monoisotopic (exact) mass is 236 g/mol. The van der Waals surface area contributed by atoms with E-state index in [1.54, 1.807) is 5.09 Å². The van der Waals surface area contributed by atoms with E-state index in [1.165, 1.54) is 0 Å². The highest BCUT2D eigenvalue weighted by Crippen LogP contribution is 2.35. The van der Waals surface area contributed by atoms with Gasteiger partial charge in [0.15, 0.2) is 12.1 Å². The van der Waals surface area contributed by atoms with Crippen LogP contribution in [0.4, 0.5) is 5.13 Å². The molecule has 1 aromatic heterocycles. The number of aldehydes is 1. The van der Waals surface area contributed by atoms with Crippen molar-refractivity contribution in [2.45, 2.75) is 0 Å². The van der Waals surface area contributed by atoms with Crippen LogP contribution in [0.3, 0.4) is 0 Å². The lowest BCUT2D eigenvalue weighted by Gasteiger charge is -2.01. The topological polar surface area (TPSA) is 136 Å². The second kappa shape index (κ2) is 3.93. The third kappa shape index (κ3) is 2.96. The summed E-state index contributed by atoms with van der Waals surface area (Å²) >= 11 is 0.656. The quantitative estimate of drug-likeness (QED) is 0.317. The van der Waals surface area contributed by atoms with Gasteiger partial charge in [-0.3, -0.25) is 15.3 Å². The van der Waals surface area contributed by atoms with Crippen LogP contribution < -0.4 is 5.09 Å². The fraction of sp³-hybridized carbons (Fsp3) is 0. The Balaban J connectivity index is 2.84. The molecule has 0 aliphatic carbocycles. The lowest BCUT2D eigenvalue weighted by Crippen LogP contribution is -2.02. The first-order valence-corrected chi connectivity index (χ1v) is 5.52. The summed E-state index contributed by atoms with van der Waals surface area (Å²) in [5.41, 5.74) is -0.444. The molecule has 1 rings (SSSR count). The molecule has 10 heteroatoms. The Bertz CT molecular complexity index is 411. The van der Waals surface area contributed by atoms with Gasteiger partial charge in [-0.1, -0.05) is 0 Å². The van der Waals surface area contributed by atoms with Crippen LogP contribution in [0.2, 0.25) is 0 Å². The Morgan fingerprint density at radius 3 is 2.79 bits per heavy atom. The van der Waals surface area contributed by atoms with E-state index in [0.717, 1.165) is 0 Å². The van der Waals surface area contributed by atoms with Gasteiger partial charge in [-0.15, -0.1) is 0 Å². The number of aromatic nitrogens is 2. The molecule has 0 amide bonds. The summed E-state index contributed by atoms with van der Waals surface area (Å²) in [5.74, 6) is -0.166. The highest BCUT2D eigenvalue weighted by Gasteiger charge is 2.16. The summed E-state index contributed by atoms with van der Waals surface area (Å²) in [6.45, 7) is 0. The maximum Gasteiger partial charge on any atom is 0.429 e. The second-order valence-electron chi connectivity index (χ2n) is 2.11. The molecule has 0 atom stereocenters. The van der Waals surface area contributed by atoms with Crippen molar-refractivity contribution in [1.29, 1.82) is 5.41 Å². The van der Waals surface area contributed by atoms with Crippen molar-refractivity contribution >= 4 is 36.4 Å². The Morgan fingerprint density at radius 1 is 1.64 bits per heavy atom. The number of nitrogens with zero attached hydrogens (tertiary/aromatic N) is 2. The van der Waals surface area contributed by atoms with E-state index in [2.05, 4.69) is 9.36 Å². The van der Waals surface area contributed by atoms with Crippen molar-refractivity contribution in [3.63, 3.8) is 0 Å². The zero-order valence-corrected chi connectivity index (χ0v) is 8.25. The summed E-state index contributed by atoms with van der Waals surface area (Å²) in [6.07, 6.45) is 0.239. The van der Waals surface area contributed by atoms with Gasteiger partial charge in [0.05, 0.1) is 0 Å². The van der Waals surface area contributed by atoms with Gasteiger partial charge < -0.3 is 9.79 Å². The molecule has 0 aromatic carbocycles. The van der Waals surface area contributed by atoms with Crippen molar-refractivity contribution in [2.24, 2.45) is 0 Å². The predicted molar refractivity (Wildman–Crippen MR) is 48.5 cm³/mol. The summed E-state index contributed by atoms with van der Waals surface area (Å²) < 4.78 is 14.0. The number of hydrogen-bond donors (Lipinski definition) is 4. The smallest absolute Gasteiger partial charge is 0.308 e. The summed E-state index contributed by atoms with van der Waals surface area (Å²) in [7, 11) is -4.41. The van der Waals surface area contributed by atoms with Crippen LogP contribution in [0.1, 0.15) is 5.82 Å². The Hall–Kier alpha value is -1.15. The van der Waals surface area contributed by atoms with E-state index < -0.39 is 13.5 Å². The highest BCUT2D eigenvalue weighted by atomic mass is 32.1. The van der Waals surface area contributed by atoms with Crippen molar-refractivity contribution in [3.05, 3.63) is 5.82 Å². The number of carbonyl (C=O) groups is 1. The first-order chi connectivity index (χ1) is 6.42. The predicted octanol–water partition coefficient (Wildman–Crippen LogP) is -0.391. The number of hydrogen-bond acceptors (Lipinski definition) is 6. The second-order valence-corrected chi connectivity index (χ2v) is 4.17. The SMILES string of the molecule is N=C(C=O)c1nsc(NP(=O)(O)O)n1. The Labute approximate surface area is 81.9 Å². The molecule has 0 radical (unpaired) electrons. The molecule has 0 aliphatic heterocycles. The Morgan fingerprint density at radius 2 is 2.29 bits per heavy atom. The van der Waals surface area contributed by atoms with Gasteiger partial charge in [0, 0.05) is 11.5 Å². The van der Waals surface area contributed by atoms with Crippen molar-refractivity contribution in [3.8, 4) is 0 Å². The fourth-order valence-corrected chi connectivity index (χ4v) is 1.81. The minimum Gasteiger partial charge on any atom is -0.308 e. The number of anilines is 1. The van der Waals surface area contributed by atoms with Gasteiger partial charge in [-0.05, 0) is 0 Å². The Kier molecular flexibility index (Phi) is 3.06. The van der Waals surface area contributed by atoms with Gasteiger partial charge in [0.25, 0.3) is 0 Å². The lowest BCUT2D eigenvalue weighted by atomic mass is 10.4. The van der Waals surface area contributed by atoms with E-state index in [1.807, 2.05) is 0 Å². The average Bonchev–Trinajstić information content (AvgIpc) is 2.48. The molecule has 0 saturated heterocycles. The van der Waals surface area contributed by atoms with Crippen molar-refractivity contribution in [2.75, 3.05) is 5.09 Å². The van der Waals surface area contributed by atoms with Crippen LogP contribution in [-0.2, 0) is 9.36 Å². The molecular weight excluding hydrogens is 231 g/mol. The number of carbonyl (C=O) groups excluding carboxylic acids is 1. The number of rotatable bonds is 4. The lowest BCUT2D eigenvalue weighted by molar-refractivity contribution is -0.102. The molecule has 0 bridgehead atoms.